The molecule has 1 aromatic carbocycles. The molecule has 0 saturated heterocycles. The average molecular weight is 298 g/mol. The number of nitrogens with one attached hydrogen (secondary N) is 1. The minimum atomic E-state index is -0.0170. The molecule has 1 heterocycles. The molecule has 1 N–H and O–H groups in total. The number of rotatable bonds is 3. The number of benzene rings is 1. The Hall–Kier alpha value is -2.17. The summed E-state index contributed by atoms with van der Waals surface area (Å²) in [6.07, 6.45) is 7.05. The highest BCUT2D eigenvalue weighted by Crippen LogP contribution is 2.16. The summed E-state index contributed by atoms with van der Waals surface area (Å²) < 4.78 is 1.64. The van der Waals surface area contributed by atoms with Crippen molar-refractivity contribution in [2.75, 3.05) is 5.43 Å². The Labute approximate surface area is 130 Å². The van der Waals surface area contributed by atoms with E-state index in [1.54, 1.807) is 4.57 Å². The largest absolute Gasteiger partial charge is 0.277 e. The Morgan fingerprint density at radius 3 is 2.64 bits per heavy atom. The molecule has 5 nitrogen and oxygen atoms in total. The van der Waals surface area contributed by atoms with Gasteiger partial charge in [0.2, 0.25) is 5.95 Å². The van der Waals surface area contributed by atoms with E-state index >= 15 is 0 Å². The molecule has 0 unspecified atom stereocenters. The molecule has 0 amide bonds. The SMILES string of the molecule is CCn1c(NN=C2CCCCCC2)nc2ccccc2c1=O. The lowest BCUT2D eigenvalue weighted by molar-refractivity contribution is 0.702. The molecule has 1 aliphatic carbocycles. The van der Waals surface area contributed by atoms with Crippen LogP contribution in [0.1, 0.15) is 45.4 Å². The molecule has 1 aliphatic rings. The lowest BCUT2D eigenvalue weighted by Gasteiger charge is -2.11. The quantitative estimate of drug-likeness (QED) is 0.696. The second kappa shape index (κ2) is 6.73. The van der Waals surface area contributed by atoms with Gasteiger partial charge in [-0.05, 0) is 44.7 Å². The number of para-hydroxylation sites is 1. The molecule has 0 bridgehead atoms. The predicted molar refractivity (Wildman–Crippen MR) is 90.4 cm³/mol. The molecular weight excluding hydrogens is 276 g/mol. The third-order valence-corrected chi connectivity index (χ3v) is 4.17. The molecule has 22 heavy (non-hydrogen) atoms. The van der Waals surface area contributed by atoms with Crippen LogP contribution in [0.2, 0.25) is 0 Å². The van der Waals surface area contributed by atoms with Gasteiger partial charge in [0.1, 0.15) is 0 Å². The summed E-state index contributed by atoms with van der Waals surface area (Å²) in [5, 5.41) is 5.16. The second-order valence-corrected chi connectivity index (χ2v) is 5.71. The number of hydrazone groups is 1. The molecule has 3 rings (SSSR count). The monoisotopic (exact) mass is 298 g/mol. The van der Waals surface area contributed by atoms with Crippen molar-refractivity contribution in [3.8, 4) is 0 Å². The summed E-state index contributed by atoms with van der Waals surface area (Å²) in [5.41, 5.74) is 4.91. The van der Waals surface area contributed by atoms with Crippen molar-refractivity contribution in [3.05, 3.63) is 34.6 Å². The van der Waals surface area contributed by atoms with Crippen molar-refractivity contribution in [1.29, 1.82) is 0 Å². The summed E-state index contributed by atoms with van der Waals surface area (Å²) in [5.74, 6) is 0.531. The van der Waals surface area contributed by atoms with Crippen LogP contribution in [-0.2, 0) is 6.54 Å². The van der Waals surface area contributed by atoms with Gasteiger partial charge in [0.25, 0.3) is 5.56 Å². The van der Waals surface area contributed by atoms with Crippen molar-refractivity contribution in [1.82, 2.24) is 9.55 Å². The van der Waals surface area contributed by atoms with Crippen molar-refractivity contribution in [2.45, 2.75) is 52.0 Å². The van der Waals surface area contributed by atoms with E-state index in [9.17, 15) is 4.79 Å². The first kappa shape index (κ1) is 14.8. The van der Waals surface area contributed by atoms with Gasteiger partial charge < -0.3 is 0 Å². The standard InChI is InChI=1S/C17H22N4O/c1-2-21-16(22)14-11-7-8-12-15(14)18-17(21)20-19-13-9-5-3-4-6-10-13/h7-8,11-12H,2-6,9-10H2,1H3,(H,18,20). The number of hydrogen-bond donors (Lipinski definition) is 1. The molecular formula is C17H22N4O. The Bertz CT molecular complexity index is 738. The normalized spacial score (nSPS) is 15.6. The van der Waals surface area contributed by atoms with Crippen molar-refractivity contribution >= 4 is 22.6 Å². The summed E-state index contributed by atoms with van der Waals surface area (Å²) in [4.78, 5) is 17.1. The summed E-state index contributed by atoms with van der Waals surface area (Å²) >= 11 is 0. The van der Waals surface area contributed by atoms with E-state index in [-0.39, 0.29) is 5.56 Å². The van der Waals surface area contributed by atoms with Gasteiger partial charge in [-0.1, -0.05) is 25.0 Å². The van der Waals surface area contributed by atoms with Gasteiger partial charge in [-0.3, -0.25) is 9.36 Å². The van der Waals surface area contributed by atoms with Crippen LogP contribution >= 0.6 is 0 Å². The van der Waals surface area contributed by atoms with Gasteiger partial charge in [-0.2, -0.15) is 5.10 Å². The van der Waals surface area contributed by atoms with Gasteiger partial charge >= 0.3 is 0 Å². The maximum Gasteiger partial charge on any atom is 0.262 e. The molecule has 0 atom stereocenters. The molecule has 0 aliphatic heterocycles. The third kappa shape index (κ3) is 3.03. The Balaban J connectivity index is 1.95. The topological polar surface area (TPSA) is 59.3 Å². The van der Waals surface area contributed by atoms with Crippen LogP contribution in [0.15, 0.2) is 34.2 Å². The van der Waals surface area contributed by atoms with Gasteiger partial charge in [0.05, 0.1) is 10.9 Å². The lowest BCUT2D eigenvalue weighted by atomic mass is 10.2. The molecule has 1 saturated carbocycles. The fourth-order valence-corrected chi connectivity index (χ4v) is 2.92. The summed E-state index contributed by atoms with van der Waals surface area (Å²) in [6, 6.07) is 7.44. The highest BCUT2D eigenvalue weighted by Gasteiger charge is 2.10. The van der Waals surface area contributed by atoms with E-state index in [4.69, 9.17) is 0 Å². The lowest BCUT2D eigenvalue weighted by Crippen LogP contribution is -2.23. The van der Waals surface area contributed by atoms with Gasteiger partial charge in [-0.25, -0.2) is 10.4 Å². The number of hydrogen-bond acceptors (Lipinski definition) is 4. The molecule has 116 valence electrons. The van der Waals surface area contributed by atoms with Crippen molar-refractivity contribution in [3.63, 3.8) is 0 Å². The third-order valence-electron chi connectivity index (χ3n) is 4.17. The van der Waals surface area contributed by atoms with E-state index in [0.29, 0.717) is 23.4 Å². The van der Waals surface area contributed by atoms with Crippen LogP contribution in [0.5, 0.6) is 0 Å². The predicted octanol–water partition coefficient (Wildman–Crippen LogP) is 3.54. The van der Waals surface area contributed by atoms with Gasteiger partial charge in [0.15, 0.2) is 0 Å². The van der Waals surface area contributed by atoms with E-state index in [0.717, 1.165) is 12.8 Å². The molecule has 0 spiro atoms. The zero-order valence-electron chi connectivity index (χ0n) is 13.0. The number of anilines is 1. The van der Waals surface area contributed by atoms with Crippen molar-refractivity contribution < 1.29 is 0 Å². The van der Waals surface area contributed by atoms with E-state index < -0.39 is 0 Å². The minimum absolute atomic E-state index is 0.0170. The number of nitrogens with zero attached hydrogens (tertiary/aromatic N) is 3. The van der Waals surface area contributed by atoms with Crippen LogP contribution in [0.25, 0.3) is 10.9 Å². The van der Waals surface area contributed by atoms with Crippen LogP contribution in [0.3, 0.4) is 0 Å². The molecule has 1 aromatic heterocycles. The Kier molecular flexibility index (Phi) is 4.51. The van der Waals surface area contributed by atoms with Crippen LogP contribution in [0, 0.1) is 0 Å². The molecule has 5 heteroatoms. The van der Waals surface area contributed by atoms with Gasteiger partial charge in [0, 0.05) is 12.3 Å². The Morgan fingerprint density at radius 1 is 1.18 bits per heavy atom. The second-order valence-electron chi connectivity index (χ2n) is 5.71. The number of fused-ring (bicyclic) bond motifs is 1. The van der Waals surface area contributed by atoms with E-state index in [2.05, 4.69) is 15.5 Å². The molecule has 2 aromatic rings. The zero-order chi connectivity index (χ0) is 15.4. The highest BCUT2D eigenvalue weighted by molar-refractivity contribution is 5.85. The average Bonchev–Trinajstić information content (AvgIpc) is 2.82. The van der Waals surface area contributed by atoms with Gasteiger partial charge in [-0.15, -0.1) is 0 Å². The minimum Gasteiger partial charge on any atom is -0.277 e. The first-order chi connectivity index (χ1) is 10.8. The van der Waals surface area contributed by atoms with Crippen LogP contribution < -0.4 is 11.0 Å². The molecule has 0 radical (unpaired) electrons. The van der Waals surface area contributed by atoms with Crippen molar-refractivity contribution in [2.24, 2.45) is 5.10 Å². The fraction of sp³-hybridized carbons (Fsp3) is 0.471. The summed E-state index contributed by atoms with van der Waals surface area (Å²) in [6.45, 7) is 2.52. The van der Waals surface area contributed by atoms with Crippen LogP contribution in [-0.4, -0.2) is 15.3 Å². The molecule has 1 fully saturated rings. The van der Waals surface area contributed by atoms with E-state index in [1.807, 2.05) is 31.2 Å². The first-order valence-corrected chi connectivity index (χ1v) is 8.10. The maximum atomic E-state index is 12.5. The van der Waals surface area contributed by atoms with Crippen LogP contribution in [0.4, 0.5) is 5.95 Å². The Morgan fingerprint density at radius 2 is 1.91 bits per heavy atom. The summed E-state index contributed by atoms with van der Waals surface area (Å²) in [7, 11) is 0. The maximum absolute atomic E-state index is 12.5. The number of aromatic nitrogens is 2. The highest BCUT2D eigenvalue weighted by atomic mass is 16.1. The zero-order valence-corrected chi connectivity index (χ0v) is 13.0. The first-order valence-electron chi connectivity index (χ1n) is 8.10. The fourth-order valence-electron chi connectivity index (χ4n) is 2.92. The smallest absolute Gasteiger partial charge is 0.262 e. The van der Waals surface area contributed by atoms with E-state index in [1.165, 1.54) is 31.4 Å².